The summed E-state index contributed by atoms with van der Waals surface area (Å²) in [7, 11) is 2.78. The van der Waals surface area contributed by atoms with E-state index in [1.54, 1.807) is 12.1 Å². The van der Waals surface area contributed by atoms with Crippen molar-refractivity contribution in [2.75, 3.05) is 19.5 Å². The van der Waals surface area contributed by atoms with Gasteiger partial charge in [0.15, 0.2) is 11.6 Å². The monoisotopic (exact) mass is 289 g/mol. The third-order valence-electron chi connectivity index (χ3n) is 2.97. The molecule has 0 aliphatic heterocycles. The molecule has 0 saturated carbocycles. The van der Waals surface area contributed by atoms with Crippen LogP contribution >= 0.6 is 0 Å². The van der Waals surface area contributed by atoms with Gasteiger partial charge in [-0.15, -0.1) is 0 Å². The molecule has 0 radical (unpaired) electrons. The second-order valence-corrected chi connectivity index (χ2v) is 4.42. The third-order valence-corrected chi connectivity index (χ3v) is 2.97. The van der Waals surface area contributed by atoms with Gasteiger partial charge in [0.25, 0.3) is 0 Å². The first-order valence-electron chi connectivity index (χ1n) is 6.38. The van der Waals surface area contributed by atoms with E-state index < -0.39 is 5.82 Å². The van der Waals surface area contributed by atoms with Crippen molar-refractivity contribution in [1.82, 2.24) is 0 Å². The molecule has 0 amide bonds. The van der Waals surface area contributed by atoms with Gasteiger partial charge in [-0.2, -0.15) is 0 Å². The molecule has 21 heavy (non-hydrogen) atoms. The minimum absolute atomic E-state index is 0.203. The fourth-order valence-corrected chi connectivity index (χ4v) is 1.86. The normalized spacial score (nSPS) is 10.0. The van der Waals surface area contributed by atoms with Gasteiger partial charge in [-0.25, -0.2) is 4.39 Å². The van der Waals surface area contributed by atoms with Gasteiger partial charge in [0.05, 0.1) is 20.6 Å². The average molecular weight is 289 g/mol. The van der Waals surface area contributed by atoms with Crippen molar-refractivity contribution in [3.63, 3.8) is 0 Å². The highest BCUT2D eigenvalue weighted by molar-refractivity contribution is 5.72. The maximum absolute atomic E-state index is 13.6. The van der Waals surface area contributed by atoms with Gasteiger partial charge < -0.3 is 14.8 Å². The van der Waals surface area contributed by atoms with E-state index in [1.165, 1.54) is 20.3 Å². The Balaban J connectivity index is 2.06. The Labute approximate surface area is 122 Å². The Morgan fingerprint density at radius 3 is 2.33 bits per heavy atom. The van der Waals surface area contributed by atoms with Crippen LogP contribution in [0.15, 0.2) is 42.5 Å². The first kappa shape index (κ1) is 14.8. The van der Waals surface area contributed by atoms with Gasteiger partial charge in [-0.3, -0.25) is 4.79 Å². The molecular weight excluding hydrogens is 273 g/mol. The lowest BCUT2D eigenvalue weighted by molar-refractivity contribution is -0.139. The summed E-state index contributed by atoms with van der Waals surface area (Å²) in [4.78, 5) is 11.2. The van der Waals surface area contributed by atoms with Crippen LogP contribution in [0.5, 0.6) is 5.75 Å². The van der Waals surface area contributed by atoms with Crippen molar-refractivity contribution < 1.29 is 18.7 Å². The second-order valence-electron chi connectivity index (χ2n) is 4.42. The van der Waals surface area contributed by atoms with Crippen LogP contribution in [0.2, 0.25) is 0 Å². The summed E-state index contributed by atoms with van der Waals surface area (Å²) < 4.78 is 23.1. The molecule has 0 atom stereocenters. The summed E-state index contributed by atoms with van der Waals surface area (Å²) in [5, 5.41) is 3.08. The Morgan fingerprint density at radius 1 is 1.10 bits per heavy atom. The van der Waals surface area contributed by atoms with E-state index >= 15 is 0 Å². The molecule has 2 rings (SSSR count). The standard InChI is InChI=1S/C16H16FNO3/c1-20-15-8-7-13(10-14(15)17)18-12-5-3-11(4-6-12)9-16(19)21-2/h3-8,10,18H,9H2,1-2H3. The molecule has 110 valence electrons. The van der Waals surface area contributed by atoms with Crippen molar-refractivity contribution in [3.8, 4) is 5.75 Å². The largest absolute Gasteiger partial charge is 0.494 e. The molecule has 0 saturated heterocycles. The number of nitrogens with one attached hydrogen (secondary N) is 1. The number of carbonyl (C=O) groups excluding carboxylic acids is 1. The highest BCUT2D eigenvalue weighted by atomic mass is 19.1. The minimum Gasteiger partial charge on any atom is -0.494 e. The SMILES string of the molecule is COC(=O)Cc1ccc(Nc2ccc(OC)c(F)c2)cc1. The van der Waals surface area contributed by atoms with Crippen LogP contribution in [-0.4, -0.2) is 20.2 Å². The summed E-state index contributed by atoms with van der Waals surface area (Å²) in [5.74, 6) is -0.508. The third kappa shape index (κ3) is 3.95. The van der Waals surface area contributed by atoms with Crippen LogP contribution in [0.25, 0.3) is 0 Å². The van der Waals surface area contributed by atoms with Crippen LogP contribution in [0.4, 0.5) is 15.8 Å². The molecule has 2 aromatic rings. The number of esters is 1. The number of anilines is 2. The quantitative estimate of drug-likeness (QED) is 0.858. The van der Waals surface area contributed by atoms with E-state index in [9.17, 15) is 9.18 Å². The van der Waals surface area contributed by atoms with Gasteiger partial charge in [-0.1, -0.05) is 12.1 Å². The summed E-state index contributed by atoms with van der Waals surface area (Å²) in [6, 6.07) is 11.9. The highest BCUT2D eigenvalue weighted by Gasteiger charge is 2.05. The molecule has 2 aromatic carbocycles. The van der Waals surface area contributed by atoms with E-state index in [0.717, 1.165) is 11.3 Å². The van der Waals surface area contributed by atoms with E-state index in [1.807, 2.05) is 24.3 Å². The van der Waals surface area contributed by atoms with Crippen molar-refractivity contribution in [1.29, 1.82) is 0 Å². The van der Waals surface area contributed by atoms with Crippen molar-refractivity contribution in [2.45, 2.75) is 6.42 Å². The first-order chi connectivity index (χ1) is 10.1. The second kappa shape index (κ2) is 6.74. The van der Waals surface area contributed by atoms with Crippen LogP contribution in [0, 0.1) is 5.82 Å². The number of ether oxygens (including phenoxy) is 2. The highest BCUT2D eigenvalue weighted by Crippen LogP contribution is 2.23. The molecule has 0 aromatic heterocycles. The lowest BCUT2D eigenvalue weighted by atomic mass is 10.1. The Bertz CT molecular complexity index is 626. The molecule has 0 fully saturated rings. The summed E-state index contributed by atoms with van der Waals surface area (Å²) >= 11 is 0. The number of benzene rings is 2. The van der Waals surface area contributed by atoms with Crippen LogP contribution in [0.3, 0.4) is 0 Å². The summed E-state index contributed by atoms with van der Waals surface area (Å²) in [6.07, 6.45) is 0.230. The molecule has 0 aliphatic carbocycles. The summed E-state index contributed by atoms with van der Waals surface area (Å²) in [6.45, 7) is 0. The lowest BCUT2D eigenvalue weighted by Gasteiger charge is -2.09. The van der Waals surface area contributed by atoms with Gasteiger partial charge in [0, 0.05) is 17.4 Å². The Morgan fingerprint density at radius 2 is 1.76 bits per heavy atom. The molecule has 0 spiro atoms. The van der Waals surface area contributed by atoms with E-state index in [0.29, 0.717) is 5.69 Å². The average Bonchev–Trinajstić information content (AvgIpc) is 2.49. The molecule has 1 N–H and O–H groups in total. The predicted octanol–water partition coefficient (Wildman–Crippen LogP) is 3.29. The van der Waals surface area contributed by atoms with Crippen LogP contribution in [0.1, 0.15) is 5.56 Å². The fourth-order valence-electron chi connectivity index (χ4n) is 1.86. The molecule has 0 unspecified atom stereocenters. The van der Waals surface area contributed by atoms with Gasteiger partial charge in [0.1, 0.15) is 0 Å². The maximum Gasteiger partial charge on any atom is 0.309 e. The maximum atomic E-state index is 13.6. The number of halogens is 1. The number of hydrogen-bond acceptors (Lipinski definition) is 4. The molecular formula is C16H16FNO3. The Hall–Kier alpha value is -2.56. The van der Waals surface area contributed by atoms with Crippen molar-refractivity contribution in [3.05, 3.63) is 53.8 Å². The van der Waals surface area contributed by atoms with Crippen LogP contribution in [-0.2, 0) is 16.0 Å². The smallest absolute Gasteiger partial charge is 0.309 e. The van der Waals surface area contributed by atoms with E-state index in [4.69, 9.17) is 4.74 Å². The van der Waals surface area contributed by atoms with Gasteiger partial charge in [0.2, 0.25) is 0 Å². The zero-order valence-corrected chi connectivity index (χ0v) is 11.9. The molecule has 5 heteroatoms. The van der Waals surface area contributed by atoms with E-state index in [2.05, 4.69) is 10.1 Å². The first-order valence-corrected chi connectivity index (χ1v) is 6.38. The fraction of sp³-hybridized carbons (Fsp3) is 0.188. The zero-order valence-electron chi connectivity index (χ0n) is 11.9. The Kier molecular flexibility index (Phi) is 4.77. The molecule has 4 nitrogen and oxygen atoms in total. The number of rotatable bonds is 5. The molecule has 0 heterocycles. The number of carbonyl (C=O) groups is 1. The minimum atomic E-state index is -0.426. The zero-order chi connectivity index (χ0) is 15.2. The van der Waals surface area contributed by atoms with Crippen LogP contribution < -0.4 is 10.1 Å². The van der Waals surface area contributed by atoms with Crippen molar-refractivity contribution >= 4 is 17.3 Å². The molecule has 0 aliphatic rings. The van der Waals surface area contributed by atoms with Crippen molar-refractivity contribution in [2.24, 2.45) is 0 Å². The van der Waals surface area contributed by atoms with E-state index in [-0.39, 0.29) is 18.1 Å². The topological polar surface area (TPSA) is 47.6 Å². The lowest BCUT2D eigenvalue weighted by Crippen LogP contribution is -2.04. The van der Waals surface area contributed by atoms with Gasteiger partial charge >= 0.3 is 5.97 Å². The number of methoxy groups -OCH3 is 2. The number of hydrogen-bond donors (Lipinski definition) is 1. The molecule has 0 bridgehead atoms. The van der Waals surface area contributed by atoms with Gasteiger partial charge in [-0.05, 0) is 29.8 Å². The predicted molar refractivity (Wildman–Crippen MR) is 78.4 cm³/mol. The summed E-state index contributed by atoms with van der Waals surface area (Å²) in [5.41, 5.74) is 2.27.